The molecule has 0 spiro atoms. The SMILES string of the molecule is CN(C)C(=O)c1ccc2[nH]c3nc4ccccc4nc3c2c1. The minimum Gasteiger partial charge on any atom is -0.345 e. The minimum atomic E-state index is -0.0231. The van der Waals surface area contributed by atoms with E-state index in [9.17, 15) is 4.79 Å². The number of benzene rings is 2. The van der Waals surface area contributed by atoms with E-state index < -0.39 is 0 Å². The van der Waals surface area contributed by atoms with Gasteiger partial charge in [-0.15, -0.1) is 0 Å². The van der Waals surface area contributed by atoms with E-state index in [0.717, 1.165) is 33.1 Å². The molecule has 0 aliphatic heterocycles. The molecule has 1 N–H and O–H groups in total. The van der Waals surface area contributed by atoms with Crippen LogP contribution in [0.1, 0.15) is 10.4 Å². The average Bonchev–Trinajstić information content (AvgIpc) is 2.88. The summed E-state index contributed by atoms with van der Waals surface area (Å²) < 4.78 is 0. The molecule has 2 aromatic carbocycles. The van der Waals surface area contributed by atoms with Crippen molar-refractivity contribution in [1.82, 2.24) is 19.9 Å². The molecule has 0 saturated carbocycles. The summed E-state index contributed by atoms with van der Waals surface area (Å²) in [6.07, 6.45) is 0. The Hall–Kier alpha value is -2.95. The van der Waals surface area contributed by atoms with Gasteiger partial charge in [-0.25, -0.2) is 9.97 Å². The Bertz CT molecular complexity index is 1030. The quantitative estimate of drug-likeness (QED) is 0.586. The smallest absolute Gasteiger partial charge is 0.253 e. The Morgan fingerprint density at radius 3 is 2.50 bits per heavy atom. The lowest BCUT2D eigenvalue weighted by Crippen LogP contribution is -2.21. The van der Waals surface area contributed by atoms with Crippen molar-refractivity contribution in [3.05, 3.63) is 48.0 Å². The first-order chi connectivity index (χ1) is 10.6. The molecule has 5 heteroatoms. The van der Waals surface area contributed by atoms with Gasteiger partial charge in [-0.05, 0) is 30.3 Å². The average molecular weight is 290 g/mol. The number of nitrogens with zero attached hydrogens (tertiary/aromatic N) is 3. The Morgan fingerprint density at radius 2 is 1.77 bits per heavy atom. The molecular formula is C17H14N4O. The van der Waals surface area contributed by atoms with Crippen LogP contribution < -0.4 is 0 Å². The summed E-state index contributed by atoms with van der Waals surface area (Å²) in [7, 11) is 3.49. The van der Waals surface area contributed by atoms with Crippen molar-refractivity contribution in [2.45, 2.75) is 0 Å². The van der Waals surface area contributed by atoms with E-state index in [2.05, 4.69) is 9.97 Å². The second kappa shape index (κ2) is 4.53. The first-order valence-corrected chi connectivity index (χ1v) is 7.03. The fourth-order valence-corrected chi connectivity index (χ4v) is 2.64. The van der Waals surface area contributed by atoms with E-state index in [1.54, 1.807) is 19.0 Å². The summed E-state index contributed by atoms with van der Waals surface area (Å²) in [6.45, 7) is 0. The largest absolute Gasteiger partial charge is 0.345 e. The highest BCUT2D eigenvalue weighted by molar-refractivity contribution is 6.08. The third-order valence-electron chi connectivity index (χ3n) is 3.75. The number of aromatic nitrogens is 3. The number of fused-ring (bicyclic) bond motifs is 4. The Labute approximate surface area is 126 Å². The fourth-order valence-electron chi connectivity index (χ4n) is 2.64. The van der Waals surface area contributed by atoms with Gasteiger partial charge in [0.05, 0.1) is 11.0 Å². The number of nitrogens with one attached hydrogen (secondary N) is 1. The summed E-state index contributed by atoms with van der Waals surface area (Å²) in [6, 6.07) is 13.4. The van der Waals surface area contributed by atoms with Crippen LogP contribution >= 0.6 is 0 Å². The van der Waals surface area contributed by atoms with E-state index in [-0.39, 0.29) is 5.91 Å². The van der Waals surface area contributed by atoms with Crippen LogP contribution in [0.2, 0.25) is 0 Å². The number of H-pyrrole nitrogens is 1. The Morgan fingerprint density at radius 1 is 1.05 bits per heavy atom. The van der Waals surface area contributed by atoms with Crippen LogP contribution in [0.4, 0.5) is 0 Å². The lowest BCUT2D eigenvalue weighted by atomic mass is 10.1. The zero-order valence-corrected chi connectivity index (χ0v) is 12.3. The van der Waals surface area contributed by atoms with E-state index in [1.165, 1.54) is 0 Å². The third kappa shape index (κ3) is 1.83. The van der Waals surface area contributed by atoms with Crippen LogP contribution in [0.5, 0.6) is 0 Å². The van der Waals surface area contributed by atoms with Crippen molar-refractivity contribution in [3.8, 4) is 0 Å². The van der Waals surface area contributed by atoms with Gasteiger partial charge < -0.3 is 9.88 Å². The van der Waals surface area contributed by atoms with Crippen LogP contribution in [0.15, 0.2) is 42.5 Å². The monoisotopic (exact) mass is 290 g/mol. The standard InChI is InChI=1S/C17H14N4O/c1-21(2)17(22)10-7-8-12-11(9-10)15-16(19-12)20-14-6-4-3-5-13(14)18-15/h3-9H,1-2H3,(H,19,20). The van der Waals surface area contributed by atoms with Gasteiger partial charge in [-0.1, -0.05) is 12.1 Å². The zero-order chi connectivity index (χ0) is 15.3. The molecule has 0 fully saturated rings. The molecule has 5 nitrogen and oxygen atoms in total. The number of hydrogen-bond donors (Lipinski definition) is 1. The van der Waals surface area contributed by atoms with Gasteiger partial charge in [0.1, 0.15) is 5.52 Å². The molecule has 22 heavy (non-hydrogen) atoms. The molecule has 4 aromatic rings. The number of para-hydroxylation sites is 2. The predicted molar refractivity (Wildman–Crippen MR) is 86.9 cm³/mol. The molecule has 0 aliphatic carbocycles. The van der Waals surface area contributed by atoms with Crippen LogP contribution in [0.3, 0.4) is 0 Å². The van der Waals surface area contributed by atoms with E-state index in [0.29, 0.717) is 5.56 Å². The summed E-state index contributed by atoms with van der Waals surface area (Å²) >= 11 is 0. The molecule has 4 rings (SSSR count). The van der Waals surface area contributed by atoms with Crippen LogP contribution in [0, 0.1) is 0 Å². The Balaban J connectivity index is 2.04. The van der Waals surface area contributed by atoms with Crippen molar-refractivity contribution >= 4 is 39.0 Å². The maximum Gasteiger partial charge on any atom is 0.253 e. The van der Waals surface area contributed by atoms with Gasteiger partial charge in [0, 0.05) is 30.6 Å². The minimum absolute atomic E-state index is 0.0231. The maximum absolute atomic E-state index is 12.1. The number of carbonyl (C=O) groups excluding carboxylic acids is 1. The molecule has 2 aromatic heterocycles. The summed E-state index contributed by atoms with van der Waals surface area (Å²) in [5.41, 5.74) is 4.81. The highest BCUT2D eigenvalue weighted by Crippen LogP contribution is 2.25. The van der Waals surface area contributed by atoms with Crippen LogP contribution in [-0.4, -0.2) is 39.9 Å². The van der Waals surface area contributed by atoms with Crippen molar-refractivity contribution in [2.24, 2.45) is 0 Å². The normalized spacial score (nSPS) is 11.4. The molecule has 1 amide bonds. The van der Waals surface area contributed by atoms with Crippen molar-refractivity contribution in [3.63, 3.8) is 0 Å². The van der Waals surface area contributed by atoms with Crippen molar-refractivity contribution in [2.75, 3.05) is 14.1 Å². The van der Waals surface area contributed by atoms with Gasteiger partial charge in [0.25, 0.3) is 5.91 Å². The molecule has 108 valence electrons. The van der Waals surface area contributed by atoms with E-state index >= 15 is 0 Å². The number of aromatic amines is 1. The Kier molecular flexibility index (Phi) is 2.63. The highest BCUT2D eigenvalue weighted by Gasteiger charge is 2.13. The lowest BCUT2D eigenvalue weighted by Gasteiger charge is -2.09. The highest BCUT2D eigenvalue weighted by atomic mass is 16.2. The lowest BCUT2D eigenvalue weighted by molar-refractivity contribution is 0.0828. The van der Waals surface area contributed by atoms with Gasteiger partial charge in [0.15, 0.2) is 5.65 Å². The summed E-state index contributed by atoms with van der Waals surface area (Å²) in [5.74, 6) is -0.0231. The molecule has 0 bridgehead atoms. The predicted octanol–water partition coefficient (Wildman–Crippen LogP) is 2.97. The molecule has 0 aliphatic rings. The van der Waals surface area contributed by atoms with Crippen LogP contribution in [-0.2, 0) is 0 Å². The third-order valence-corrected chi connectivity index (χ3v) is 3.75. The number of amides is 1. The van der Waals surface area contributed by atoms with E-state index in [4.69, 9.17) is 4.98 Å². The second-order valence-corrected chi connectivity index (χ2v) is 5.49. The molecule has 0 saturated heterocycles. The molecule has 2 heterocycles. The number of hydrogen-bond acceptors (Lipinski definition) is 3. The number of rotatable bonds is 1. The van der Waals surface area contributed by atoms with E-state index in [1.807, 2.05) is 42.5 Å². The summed E-state index contributed by atoms with van der Waals surface area (Å²) in [4.78, 5) is 26.3. The summed E-state index contributed by atoms with van der Waals surface area (Å²) in [5, 5.41) is 0.918. The number of carbonyl (C=O) groups is 1. The first kappa shape index (κ1) is 12.8. The zero-order valence-electron chi connectivity index (χ0n) is 12.3. The maximum atomic E-state index is 12.1. The van der Waals surface area contributed by atoms with Gasteiger partial charge in [-0.3, -0.25) is 4.79 Å². The van der Waals surface area contributed by atoms with Gasteiger partial charge >= 0.3 is 0 Å². The van der Waals surface area contributed by atoms with Gasteiger partial charge in [0.2, 0.25) is 0 Å². The molecule has 0 unspecified atom stereocenters. The van der Waals surface area contributed by atoms with Gasteiger partial charge in [-0.2, -0.15) is 0 Å². The topological polar surface area (TPSA) is 61.9 Å². The first-order valence-electron chi connectivity index (χ1n) is 7.03. The van der Waals surface area contributed by atoms with Crippen molar-refractivity contribution < 1.29 is 4.79 Å². The molecular weight excluding hydrogens is 276 g/mol. The van der Waals surface area contributed by atoms with Crippen LogP contribution in [0.25, 0.3) is 33.1 Å². The fraction of sp³-hybridized carbons (Fsp3) is 0.118. The molecule has 0 radical (unpaired) electrons. The molecule has 0 atom stereocenters. The van der Waals surface area contributed by atoms with Crippen molar-refractivity contribution in [1.29, 1.82) is 0 Å². The second-order valence-electron chi connectivity index (χ2n) is 5.49.